The van der Waals surface area contributed by atoms with Gasteiger partial charge in [0.25, 0.3) is 5.91 Å². The van der Waals surface area contributed by atoms with E-state index in [2.05, 4.69) is 15.3 Å². The molecule has 29 heavy (non-hydrogen) atoms. The SMILES string of the molecule is Cc1nccn1Cc1ccc(NC(=O)c2nc(S(C)(=O)=O)n3ccccc23)cc1. The van der Waals surface area contributed by atoms with Gasteiger partial charge in [0.15, 0.2) is 5.69 Å². The lowest BCUT2D eigenvalue weighted by atomic mass is 10.2. The number of aryl methyl sites for hydroxylation is 1. The third kappa shape index (κ3) is 3.77. The van der Waals surface area contributed by atoms with Crippen molar-refractivity contribution in [2.24, 2.45) is 0 Å². The Kier molecular flexibility index (Phi) is 4.67. The molecule has 0 unspecified atom stereocenters. The Labute approximate surface area is 167 Å². The summed E-state index contributed by atoms with van der Waals surface area (Å²) in [5.41, 5.74) is 2.15. The number of anilines is 1. The first-order chi connectivity index (χ1) is 13.8. The lowest BCUT2D eigenvalue weighted by Crippen LogP contribution is -2.13. The zero-order chi connectivity index (χ0) is 20.6. The van der Waals surface area contributed by atoms with E-state index in [0.29, 0.717) is 17.7 Å². The molecule has 148 valence electrons. The molecule has 0 aliphatic carbocycles. The molecule has 0 spiro atoms. The van der Waals surface area contributed by atoms with E-state index >= 15 is 0 Å². The Hall–Kier alpha value is -3.46. The first-order valence-corrected chi connectivity index (χ1v) is 10.8. The molecule has 0 aliphatic heterocycles. The summed E-state index contributed by atoms with van der Waals surface area (Å²) in [6.45, 7) is 2.62. The van der Waals surface area contributed by atoms with Crippen molar-refractivity contribution in [1.82, 2.24) is 18.9 Å². The van der Waals surface area contributed by atoms with E-state index in [1.807, 2.05) is 29.8 Å². The third-order valence-corrected chi connectivity index (χ3v) is 5.50. The molecule has 1 N–H and O–H groups in total. The number of amides is 1. The van der Waals surface area contributed by atoms with Crippen molar-refractivity contribution in [2.75, 3.05) is 11.6 Å². The van der Waals surface area contributed by atoms with Crippen LogP contribution in [-0.4, -0.2) is 39.5 Å². The molecule has 0 aliphatic rings. The maximum absolute atomic E-state index is 12.8. The summed E-state index contributed by atoms with van der Waals surface area (Å²) in [6.07, 6.45) is 6.30. The molecule has 1 aromatic carbocycles. The lowest BCUT2D eigenvalue weighted by Gasteiger charge is -2.07. The number of fused-ring (bicyclic) bond motifs is 1. The molecule has 0 fully saturated rings. The quantitative estimate of drug-likeness (QED) is 0.546. The normalized spacial score (nSPS) is 11.7. The lowest BCUT2D eigenvalue weighted by molar-refractivity contribution is 0.102. The van der Waals surface area contributed by atoms with Gasteiger partial charge < -0.3 is 9.88 Å². The fourth-order valence-corrected chi connectivity index (χ4v) is 3.86. The fourth-order valence-electron chi connectivity index (χ4n) is 3.09. The number of hydrogen-bond acceptors (Lipinski definition) is 5. The third-order valence-electron chi connectivity index (χ3n) is 4.55. The minimum Gasteiger partial charge on any atom is -0.331 e. The van der Waals surface area contributed by atoms with Crippen LogP contribution in [0.3, 0.4) is 0 Å². The number of sulfone groups is 1. The smallest absolute Gasteiger partial charge is 0.276 e. The van der Waals surface area contributed by atoms with E-state index in [0.717, 1.165) is 17.6 Å². The average Bonchev–Trinajstić information content (AvgIpc) is 3.27. The Balaban J connectivity index is 1.58. The van der Waals surface area contributed by atoms with Crippen LogP contribution in [-0.2, 0) is 16.4 Å². The minimum atomic E-state index is -3.58. The van der Waals surface area contributed by atoms with Crippen molar-refractivity contribution in [2.45, 2.75) is 18.6 Å². The first-order valence-electron chi connectivity index (χ1n) is 8.88. The van der Waals surface area contributed by atoms with Crippen molar-refractivity contribution in [1.29, 1.82) is 0 Å². The number of carbonyl (C=O) groups is 1. The van der Waals surface area contributed by atoms with Crippen molar-refractivity contribution in [3.8, 4) is 0 Å². The summed E-state index contributed by atoms with van der Waals surface area (Å²) in [4.78, 5) is 21.0. The summed E-state index contributed by atoms with van der Waals surface area (Å²) in [7, 11) is -3.58. The van der Waals surface area contributed by atoms with Crippen LogP contribution < -0.4 is 5.32 Å². The average molecular weight is 409 g/mol. The number of carbonyl (C=O) groups excluding carboxylic acids is 1. The molecule has 3 aromatic heterocycles. The number of nitrogens with zero attached hydrogens (tertiary/aromatic N) is 4. The summed E-state index contributed by atoms with van der Waals surface area (Å²) in [5, 5.41) is 2.62. The predicted molar refractivity (Wildman–Crippen MR) is 109 cm³/mol. The van der Waals surface area contributed by atoms with E-state index < -0.39 is 15.7 Å². The molecule has 8 nitrogen and oxygen atoms in total. The van der Waals surface area contributed by atoms with Crippen LogP contribution in [0.1, 0.15) is 21.9 Å². The Bertz CT molecular complexity index is 1300. The number of nitrogens with one attached hydrogen (secondary N) is 1. The number of aromatic nitrogens is 4. The molecule has 1 amide bonds. The zero-order valence-electron chi connectivity index (χ0n) is 15.9. The van der Waals surface area contributed by atoms with Gasteiger partial charge in [0.2, 0.25) is 15.0 Å². The number of imidazole rings is 2. The van der Waals surface area contributed by atoms with E-state index in [9.17, 15) is 13.2 Å². The van der Waals surface area contributed by atoms with Gasteiger partial charge in [0, 0.05) is 37.1 Å². The molecular weight excluding hydrogens is 390 g/mol. The maximum atomic E-state index is 12.8. The van der Waals surface area contributed by atoms with Crippen LogP contribution in [0.5, 0.6) is 0 Å². The summed E-state index contributed by atoms with van der Waals surface area (Å²) in [6, 6.07) is 12.5. The zero-order valence-corrected chi connectivity index (χ0v) is 16.7. The molecular formula is C20H19N5O3S. The molecule has 9 heteroatoms. The van der Waals surface area contributed by atoms with E-state index in [-0.39, 0.29) is 10.9 Å². The molecule has 0 saturated carbocycles. The van der Waals surface area contributed by atoms with Gasteiger partial charge in [0.1, 0.15) is 5.82 Å². The van der Waals surface area contributed by atoms with Gasteiger partial charge in [-0.15, -0.1) is 0 Å². The number of rotatable bonds is 5. The second kappa shape index (κ2) is 7.17. The highest BCUT2D eigenvalue weighted by molar-refractivity contribution is 7.90. The summed E-state index contributed by atoms with van der Waals surface area (Å²) < 4.78 is 27.5. The van der Waals surface area contributed by atoms with E-state index in [1.165, 1.54) is 4.40 Å². The van der Waals surface area contributed by atoms with Gasteiger partial charge in [-0.25, -0.2) is 18.4 Å². The highest BCUT2D eigenvalue weighted by Gasteiger charge is 2.22. The fraction of sp³-hybridized carbons (Fsp3) is 0.150. The monoisotopic (exact) mass is 409 g/mol. The van der Waals surface area contributed by atoms with Crippen molar-refractivity contribution >= 4 is 26.9 Å². The molecule has 3 heterocycles. The maximum Gasteiger partial charge on any atom is 0.276 e. The van der Waals surface area contributed by atoms with Gasteiger partial charge >= 0.3 is 0 Å². The minimum absolute atomic E-state index is 0.0594. The Morgan fingerprint density at radius 1 is 1.10 bits per heavy atom. The summed E-state index contributed by atoms with van der Waals surface area (Å²) in [5.74, 6) is 0.456. The first kappa shape index (κ1) is 18.9. The second-order valence-corrected chi connectivity index (χ2v) is 8.63. The molecule has 0 bridgehead atoms. The standard InChI is InChI=1S/C20H19N5O3S/c1-14-21-10-12-24(14)13-15-6-8-16(9-7-15)22-19(26)18-17-5-3-4-11-25(17)20(23-18)29(2,27)28/h3-12H,13H2,1-2H3,(H,22,26). The van der Waals surface area contributed by atoms with Crippen LogP contribution in [0.2, 0.25) is 0 Å². The molecule has 0 radical (unpaired) electrons. The molecule has 4 aromatic rings. The van der Waals surface area contributed by atoms with Gasteiger partial charge in [-0.1, -0.05) is 18.2 Å². The van der Waals surface area contributed by atoms with Gasteiger partial charge in [0.05, 0.1) is 5.52 Å². The van der Waals surface area contributed by atoms with E-state index in [1.54, 1.807) is 42.7 Å². The van der Waals surface area contributed by atoms with Crippen LogP contribution >= 0.6 is 0 Å². The largest absolute Gasteiger partial charge is 0.331 e. The van der Waals surface area contributed by atoms with Crippen molar-refractivity contribution in [3.05, 3.63) is 78.1 Å². The number of benzene rings is 1. The van der Waals surface area contributed by atoms with Crippen molar-refractivity contribution in [3.63, 3.8) is 0 Å². The van der Waals surface area contributed by atoms with Crippen LogP contribution in [0.4, 0.5) is 5.69 Å². The topological polar surface area (TPSA) is 98.4 Å². The van der Waals surface area contributed by atoms with Crippen LogP contribution in [0.25, 0.3) is 5.52 Å². The predicted octanol–water partition coefficient (Wildman–Crippen LogP) is 2.54. The van der Waals surface area contributed by atoms with Crippen LogP contribution in [0.15, 0.2) is 66.2 Å². The Morgan fingerprint density at radius 3 is 2.52 bits per heavy atom. The second-order valence-electron chi connectivity index (χ2n) is 6.72. The summed E-state index contributed by atoms with van der Waals surface area (Å²) >= 11 is 0. The van der Waals surface area contributed by atoms with Crippen LogP contribution in [0, 0.1) is 6.92 Å². The van der Waals surface area contributed by atoms with E-state index in [4.69, 9.17) is 0 Å². The highest BCUT2D eigenvalue weighted by Crippen LogP contribution is 2.19. The van der Waals surface area contributed by atoms with Gasteiger partial charge in [-0.3, -0.25) is 9.20 Å². The highest BCUT2D eigenvalue weighted by atomic mass is 32.2. The van der Waals surface area contributed by atoms with Gasteiger partial charge in [-0.05, 0) is 36.8 Å². The number of pyridine rings is 1. The molecule has 0 atom stereocenters. The number of hydrogen-bond donors (Lipinski definition) is 1. The molecule has 0 saturated heterocycles. The van der Waals surface area contributed by atoms with Crippen molar-refractivity contribution < 1.29 is 13.2 Å². The Morgan fingerprint density at radius 2 is 1.86 bits per heavy atom. The molecule has 4 rings (SSSR count). The van der Waals surface area contributed by atoms with Gasteiger partial charge in [-0.2, -0.15) is 0 Å².